The Bertz CT molecular complexity index is 1890. The van der Waals surface area contributed by atoms with E-state index < -0.39 is 38.5 Å². The van der Waals surface area contributed by atoms with Crippen LogP contribution in [0, 0.1) is 0 Å². The Kier molecular flexibility index (Phi) is 14.3. The number of ether oxygens (including phenoxy) is 2. The zero-order valence-electron chi connectivity index (χ0n) is 35.6. The number of nitrogens with one attached hydrogen (secondary N) is 1. The van der Waals surface area contributed by atoms with Crippen molar-refractivity contribution in [3.63, 3.8) is 0 Å². The summed E-state index contributed by atoms with van der Waals surface area (Å²) in [6, 6.07) is 15.3. The van der Waals surface area contributed by atoms with Gasteiger partial charge in [0, 0.05) is 37.1 Å². The minimum Gasteiger partial charge on any atom is -0.598 e. The normalized spacial score (nSPS) is 15.0. The van der Waals surface area contributed by atoms with Gasteiger partial charge in [-0.25, -0.2) is 14.6 Å². The van der Waals surface area contributed by atoms with E-state index in [0.29, 0.717) is 55.8 Å². The topological polar surface area (TPSA) is 136 Å². The number of pyridine rings is 2. The predicted octanol–water partition coefficient (Wildman–Crippen LogP) is 9.03. The van der Waals surface area contributed by atoms with Crippen molar-refractivity contribution in [1.29, 1.82) is 0 Å². The molecule has 0 saturated carbocycles. The van der Waals surface area contributed by atoms with E-state index in [-0.39, 0.29) is 16.5 Å². The van der Waals surface area contributed by atoms with E-state index in [1.165, 1.54) is 0 Å². The summed E-state index contributed by atoms with van der Waals surface area (Å²) in [5.41, 5.74) is 1.63. The molecular weight excluding hydrogens is 747 g/mol. The molecular formula is C41H65N5O6SSi2. The van der Waals surface area contributed by atoms with E-state index in [2.05, 4.69) is 72.5 Å². The van der Waals surface area contributed by atoms with Gasteiger partial charge in [-0.2, -0.15) is 5.10 Å². The van der Waals surface area contributed by atoms with Gasteiger partial charge >= 0.3 is 0 Å². The average molecular weight is 812 g/mol. The summed E-state index contributed by atoms with van der Waals surface area (Å²) in [5, 5.41) is 18.0. The third-order valence-corrected chi connectivity index (χ3v) is 21.5. The van der Waals surface area contributed by atoms with Gasteiger partial charge in [0.25, 0.3) is 0 Å². The Morgan fingerprint density at radius 1 is 0.836 bits per heavy atom. The molecule has 0 aliphatic heterocycles. The zero-order chi connectivity index (χ0) is 41.0. The maximum absolute atomic E-state index is 13.5. The number of aliphatic hydroxyl groups is 1. The Morgan fingerprint density at radius 3 is 2.13 bits per heavy atom. The lowest BCUT2D eigenvalue weighted by atomic mass is 10.0. The van der Waals surface area contributed by atoms with Crippen LogP contribution < -0.4 is 9.46 Å². The van der Waals surface area contributed by atoms with E-state index in [9.17, 15) is 9.66 Å². The van der Waals surface area contributed by atoms with Crippen LogP contribution in [0.4, 0.5) is 0 Å². The smallest absolute Gasteiger partial charge is 0.200 e. The number of benzene rings is 1. The first-order valence-corrected chi connectivity index (χ1v) is 26.1. The summed E-state index contributed by atoms with van der Waals surface area (Å²) in [5.74, 6) is 1.27. The van der Waals surface area contributed by atoms with Crippen molar-refractivity contribution >= 4 is 38.9 Å². The highest BCUT2D eigenvalue weighted by Crippen LogP contribution is 2.39. The fourth-order valence-electron chi connectivity index (χ4n) is 5.15. The summed E-state index contributed by atoms with van der Waals surface area (Å²) in [4.78, 5) is 9.97. The molecule has 4 aromatic rings. The highest BCUT2D eigenvalue weighted by Gasteiger charge is 2.41. The predicted molar refractivity (Wildman–Crippen MR) is 229 cm³/mol. The molecule has 0 aliphatic rings. The highest BCUT2D eigenvalue weighted by atomic mass is 32.2. The van der Waals surface area contributed by atoms with E-state index in [4.69, 9.17) is 33.4 Å². The molecule has 55 heavy (non-hydrogen) atoms. The lowest BCUT2D eigenvalue weighted by molar-refractivity contribution is 0.00527. The van der Waals surface area contributed by atoms with Gasteiger partial charge in [0.05, 0.1) is 47.4 Å². The second-order valence-corrected chi connectivity index (χ2v) is 29.9. The Hall–Kier alpha value is -2.67. The van der Waals surface area contributed by atoms with Gasteiger partial charge in [-0.15, -0.1) is 4.72 Å². The maximum atomic E-state index is 13.5. The average Bonchev–Trinajstić information content (AvgIpc) is 3.53. The van der Waals surface area contributed by atoms with Crippen molar-refractivity contribution in [3.05, 3.63) is 66.1 Å². The third-order valence-electron chi connectivity index (χ3n) is 10.8. The van der Waals surface area contributed by atoms with E-state index >= 15 is 0 Å². The summed E-state index contributed by atoms with van der Waals surface area (Å²) in [6.07, 6.45) is 2.57. The molecule has 304 valence electrons. The number of hydrogen-bond donors (Lipinski definition) is 2. The molecule has 11 nitrogen and oxygen atoms in total. The van der Waals surface area contributed by atoms with Crippen LogP contribution in [0.5, 0.6) is 5.75 Å². The molecule has 0 bridgehead atoms. The van der Waals surface area contributed by atoms with Gasteiger partial charge < -0.3 is 28.0 Å². The molecule has 0 saturated heterocycles. The van der Waals surface area contributed by atoms with Gasteiger partial charge in [0.2, 0.25) is 0 Å². The molecule has 0 radical (unpaired) electrons. The lowest BCUT2D eigenvalue weighted by Crippen LogP contribution is -2.52. The molecule has 0 fully saturated rings. The van der Waals surface area contributed by atoms with Gasteiger partial charge in [0.15, 0.2) is 28.2 Å². The Morgan fingerprint density at radius 2 is 1.49 bits per heavy atom. The molecule has 2 N–H and O–H groups in total. The lowest BCUT2D eigenvalue weighted by Gasteiger charge is -2.37. The molecule has 0 spiro atoms. The number of aromatic nitrogens is 4. The SMILES string of the molecule is COCCOc1cc(-c2cccc([C@@](O)(CCCO[Si](C)(C)C(C)(C)C)N[S@+]([O-])C(C)(C)C)n2)cc2c1cnn2-c1cccc(CO[Si](C)(C)C(C)(C)C)n1. The van der Waals surface area contributed by atoms with E-state index in [1.807, 2.05) is 63.2 Å². The number of hydrogen-bond acceptors (Lipinski definition) is 10. The van der Waals surface area contributed by atoms with Crippen LogP contribution in [0.15, 0.2) is 54.7 Å². The molecule has 2 atom stereocenters. The summed E-state index contributed by atoms with van der Waals surface area (Å²) in [6.45, 7) is 29.4. The third kappa shape index (κ3) is 11.3. The molecule has 1 aromatic carbocycles. The number of nitrogens with zero attached hydrogens (tertiary/aromatic N) is 4. The van der Waals surface area contributed by atoms with E-state index in [1.54, 1.807) is 24.1 Å². The molecule has 0 aliphatic carbocycles. The van der Waals surface area contributed by atoms with Crippen molar-refractivity contribution < 1.29 is 28.0 Å². The standard InChI is InChI=1S/C41H65N5O6SSi2/c1-38(2,3)53(48)45-41(47,22-17-23-51-54(11,12)39(4,5)6)36-20-16-19-33(44-36)30-26-34-32(35(27-30)50-25-24-49-10)28-42-46(34)37-21-15-18-31(43-37)29-52-55(13,14)40(7,8)9/h15-16,18-21,26-28,45,47H,17,22-25,29H2,1-14H3/t41-,53+/m0/s1. The van der Waals surface area contributed by atoms with Crippen molar-refractivity contribution in [1.82, 2.24) is 24.5 Å². The summed E-state index contributed by atoms with van der Waals surface area (Å²) >= 11 is -1.58. The van der Waals surface area contributed by atoms with Crippen LogP contribution in [0.1, 0.15) is 86.5 Å². The first kappa shape index (κ1) is 45.0. The number of fused-ring (bicyclic) bond motifs is 1. The van der Waals surface area contributed by atoms with Crippen LogP contribution in [-0.4, -0.2) is 77.7 Å². The van der Waals surface area contributed by atoms with Gasteiger partial charge in [-0.1, -0.05) is 53.7 Å². The van der Waals surface area contributed by atoms with Crippen molar-refractivity contribution in [3.8, 4) is 22.8 Å². The molecule has 14 heteroatoms. The fraction of sp³-hybridized carbons (Fsp3) is 0.585. The molecule has 3 heterocycles. The number of methoxy groups -OCH3 is 1. The minimum absolute atomic E-state index is 0.0613. The molecule has 0 amide bonds. The minimum atomic E-state index is -2.00. The first-order chi connectivity index (χ1) is 25.4. The van der Waals surface area contributed by atoms with Crippen molar-refractivity contribution in [2.75, 3.05) is 26.9 Å². The van der Waals surface area contributed by atoms with Crippen LogP contribution in [0.25, 0.3) is 28.0 Å². The van der Waals surface area contributed by atoms with Crippen molar-refractivity contribution in [2.24, 2.45) is 0 Å². The van der Waals surface area contributed by atoms with Gasteiger partial charge in [-0.3, -0.25) is 0 Å². The summed E-state index contributed by atoms with van der Waals surface area (Å²) in [7, 11) is -2.34. The van der Waals surface area contributed by atoms with Crippen molar-refractivity contribution in [2.45, 2.75) is 128 Å². The van der Waals surface area contributed by atoms with Crippen LogP contribution in [0.2, 0.25) is 36.3 Å². The number of rotatable bonds is 17. The van der Waals surface area contributed by atoms with Crippen LogP contribution in [0.3, 0.4) is 0 Å². The van der Waals surface area contributed by atoms with Gasteiger partial charge in [-0.05, 0) is 99.9 Å². The maximum Gasteiger partial charge on any atom is 0.200 e. The van der Waals surface area contributed by atoms with Gasteiger partial charge in [0.1, 0.15) is 17.1 Å². The monoisotopic (exact) mass is 811 g/mol. The first-order valence-electron chi connectivity index (χ1n) is 19.2. The molecule has 3 aromatic heterocycles. The molecule has 4 rings (SSSR count). The highest BCUT2D eigenvalue weighted by molar-refractivity contribution is 7.90. The molecule has 0 unspecified atom stereocenters. The second-order valence-electron chi connectivity index (χ2n) is 18.3. The van der Waals surface area contributed by atoms with Crippen LogP contribution in [-0.2, 0) is 37.3 Å². The largest absolute Gasteiger partial charge is 0.598 e. The van der Waals surface area contributed by atoms with E-state index in [0.717, 1.165) is 22.2 Å². The second kappa shape index (κ2) is 17.4. The Balaban J connectivity index is 1.75. The van der Waals surface area contributed by atoms with Crippen LogP contribution >= 0.6 is 0 Å². The zero-order valence-corrected chi connectivity index (χ0v) is 38.4. The summed E-state index contributed by atoms with van der Waals surface area (Å²) < 4.78 is 42.2. The Labute approximate surface area is 334 Å². The fourth-order valence-corrected chi connectivity index (χ4v) is 8.00. The quantitative estimate of drug-likeness (QED) is 0.0460.